The Bertz CT molecular complexity index is 933. The van der Waals surface area contributed by atoms with Gasteiger partial charge < -0.3 is 9.47 Å². The second kappa shape index (κ2) is 7.96. The third kappa shape index (κ3) is 4.06. The number of ether oxygens (including phenoxy) is 2. The van der Waals surface area contributed by atoms with Gasteiger partial charge in [-0.15, -0.1) is 0 Å². The highest BCUT2D eigenvalue weighted by Crippen LogP contribution is 2.38. The molecule has 27 heavy (non-hydrogen) atoms. The molecule has 0 N–H and O–H groups in total. The lowest BCUT2D eigenvalue weighted by Crippen LogP contribution is -2.28. The summed E-state index contributed by atoms with van der Waals surface area (Å²) in [6, 6.07) is 17.5. The second-order valence-electron chi connectivity index (χ2n) is 6.37. The first-order chi connectivity index (χ1) is 12.9. The number of sulfone groups is 1. The Kier molecular flexibility index (Phi) is 5.65. The molecule has 2 aromatic rings. The summed E-state index contributed by atoms with van der Waals surface area (Å²) in [5.74, 6) is -0.687. The van der Waals surface area contributed by atoms with Crippen molar-refractivity contribution >= 4 is 21.6 Å². The highest BCUT2D eigenvalue weighted by Gasteiger charge is 2.41. The molecule has 0 amide bonds. The minimum Gasteiger partial charge on any atom is -0.488 e. The van der Waals surface area contributed by atoms with Gasteiger partial charge >= 0.3 is 5.97 Å². The fourth-order valence-corrected chi connectivity index (χ4v) is 4.68. The van der Waals surface area contributed by atoms with Crippen molar-refractivity contribution in [2.75, 3.05) is 12.4 Å². The van der Waals surface area contributed by atoms with Crippen LogP contribution in [0.3, 0.4) is 0 Å². The van der Waals surface area contributed by atoms with Crippen molar-refractivity contribution in [1.29, 1.82) is 0 Å². The highest BCUT2D eigenvalue weighted by atomic mass is 32.2. The Labute approximate surface area is 159 Å². The Balaban J connectivity index is 1.92. The van der Waals surface area contributed by atoms with Crippen molar-refractivity contribution in [3.8, 4) is 0 Å². The van der Waals surface area contributed by atoms with E-state index in [1.807, 2.05) is 30.3 Å². The lowest BCUT2D eigenvalue weighted by Gasteiger charge is -2.17. The molecule has 1 heterocycles. The minimum atomic E-state index is -3.55. The lowest BCUT2D eigenvalue weighted by atomic mass is 9.96. The summed E-state index contributed by atoms with van der Waals surface area (Å²) in [6.45, 7) is 3.77. The largest absolute Gasteiger partial charge is 0.488 e. The summed E-state index contributed by atoms with van der Waals surface area (Å²) >= 11 is 0. The van der Waals surface area contributed by atoms with Gasteiger partial charge in [0.15, 0.2) is 9.84 Å². The third-order valence-corrected chi connectivity index (χ3v) is 6.30. The van der Waals surface area contributed by atoms with Crippen LogP contribution in [0.1, 0.15) is 19.4 Å². The normalized spacial score (nSPS) is 19.6. The summed E-state index contributed by atoms with van der Waals surface area (Å²) in [7, 11) is -3.55. The molecule has 1 aliphatic rings. The number of benzene rings is 2. The van der Waals surface area contributed by atoms with Crippen LogP contribution in [0, 0.1) is 5.92 Å². The average Bonchev–Trinajstić information content (AvgIpc) is 2.99. The van der Waals surface area contributed by atoms with Crippen molar-refractivity contribution in [2.45, 2.75) is 24.8 Å². The summed E-state index contributed by atoms with van der Waals surface area (Å²) in [6.07, 6.45) is -0.662. The first kappa shape index (κ1) is 19.2. The molecule has 0 unspecified atom stereocenters. The molecule has 1 aliphatic heterocycles. The molecule has 0 radical (unpaired) electrons. The number of rotatable bonds is 6. The second-order valence-corrected chi connectivity index (χ2v) is 8.40. The maximum Gasteiger partial charge on any atom is 0.338 e. The number of esters is 1. The molecule has 0 fully saturated rings. The van der Waals surface area contributed by atoms with Gasteiger partial charge in [0.05, 0.1) is 22.8 Å². The Morgan fingerprint density at radius 3 is 2.22 bits per heavy atom. The molecule has 0 aromatic heterocycles. The van der Waals surface area contributed by atoms with Crippen molar-refractivity contribution < 1.29 is 22.7 Å². The van der Waals surface area contributed by atoms with E-state index >= 15 is 0 Å². The predicted molar refractivity (Wildman–Crippen MR) is 103 cm³/mol. The molecule has 0 spiro atoms. The van der Waals surface area contributed by atoms with Crippen LogP contribution in [0.15, 0.2) is 71.1 Å². The van der Waals surface area contributed by atoms with Gasteiger partial charge in [-0.1, -0.05) is 55.5 Å². The maximum absolute atomic E-state index is 12.8. The van der Waals surface area contributed by atoms with Crippen LogP contribution in [0.5, 0.6) is 0 Å². The van der Waals surface area contributed by atoms with Crippen LogP contribution in [-0.2, 0) is 24.1 Å². The van der Waals surface area contributed by atoms with E-state index < -0.39 is 27.8 Å². The zero-order chi connectivity index (χ0) is 19.4. The third-order valence-electron chi connectivity index (χ3n) is 4.54. The molecule has 0 saturated heterocycles. The van der Waals surface area contributed by atoms with Gasteiger partial charge in [0, 0.05) is 11.5 Å². The molecule has 0 bridgehead atoms. The van der Waals surface area contributed by atoms with Gasteiger partial charge in [0.1, 0.15) is 11.9 Å². The van der Waals surface area contributed by atoms with E-state index in [0.29, 0.717) is 11.3 Å². The van der Waals surface area contributed by atoms with Gasteiger partial charge in [-0.25, -0.2) is 13.2 Å². The molecular weight excluding hydrogens is 364 g/mol. The summed E-state index contributed by atoms with van der Waals surface area (Å²) in [4.78, 5) is 12.8. The fraction of sp³-hybridized carbons (Fsp3) is 0.286. The smallest absolute Gasteiger partial charge is 0.338 e. The van der Waals surface area contributed by atoms with Crippen LogP contribution in [0.2, 0.25) is 0 Å². The molecule has 142 valence electrons. The van der Waals surface area contributed by atoms with Gasteiger partial charge in [0.25, 0.3) is 0 Å². The number of carbonyl (C=O) groups is 1. The van der Waals surface area contributed by atoms with Gasteiger partial charge in [0.2, 0.25) is 0 Å². The van der Waals surface area contributed by atoms with E-state index in [1.54, 1.807) is 44.2 Å². The highest BCUT2D eigenvalue weighted by molar-refractivity contribution is 7.91. The van der Waals surface area contributed by atoms with E-state index in [2.05, 4.69) is 0 Å². The SMILES string of the molecule is CCOC(=O)C1=C(c2ccccc2)O[C@H](CS(=O)(=O)c2ccccc2)[C@H]1C. The fourth-order valence-electron chi connectivity index (χ4n) is 3.13. The van der Waals surface area contributed by atoms with Crippen LogP contribution < -0.4 is 0 Å². The number of hydrogen-bond acceptors (Lipinski definition) is 5. The van der Waals surface area contributed by atoms with Crippen molar-refractivity contribution in [2.24, 2.45) is 5.92 Å². The van der Waals surface area contributed by atoms with Crippen LogP contribution >= 0.6 is 0 Å². The van der Waals surface area contributed by atoms with Crippen LogP contribution in [0.25, 0.3) is 5.76 Å². The zero-order valence-electron chi connectivity index (χ0n) is 15.3. The number of carbonyl (C=O) groups excluding carboxylic acids is 1. The summed E-state index contributed by atoms with van der Waals surface area (Å²) < 4.78 is 36.7. The molecule has 5 nitrogen and oxygen atoms in total. The number of hydrogen-bond donors (Lipinski definition) is 0. The molecule has 0 saturated carbocycles. The zero-order valence-corrected chi connectivity index (χ0v) is 16.1. The lowest BCUT2D eigenvalue weighted by molar-refractivity contribution is -0.139. The van der Waals surface area contributed by atoms with E-state index in [1.165, 1.54) is 0 Å². The first-order valence-electron chi connectivity index (χ1n) is 8.85. The van der Waals surface area contributed by atoms with E-state index in [4.69, 9.17) is 9.47 Å². The molecule has 0 aliphatic carbocycles. The average molecular weight is 386 g/mol. The van der Waals surface area contributed by atoms with E-state index in [-0.39, 0.29) is 17.3 Å². The standard InChI is InChI=1S/C21H22O5S/c1-3-25-21(22)19-15(2)18(26-20(19)16-10-6-4-7-11-16)14-27(23,24)17-12-8-5-9-13-17/h4-13,15,18H,3,14H2,1-2H3/t15-,18-/m1/s1. The Morgan fingerprint density at radius 2 is 1.63 bits per heavy atom. The van der Waals surface area contributed by atoms with Crippen LogP contribution in [0.4, 0.5) is 0 Å². The Hall–Kier alpha value is -2.60. The molecule has 2 atom stereocenters. The van der Waals surface area contributed by atoms with E-state index in [0.717, 1.165) is 5.56 Å². The minimum absolute atomic E-state index is 0.211. The molecule has 6 heteroatoms. The Morgan fingerprint density at radius 1 is 1.04 bits per heavy atom. The summed E-state index contributed by atoms with van der Waals surface area (Å²) in [5, 5.41) is 0. The van der Waals surface area contributed by atoms with Crippen molar-refractivity contribution in [3.63, 3.8) is 0 Å². The van der Waals surface area contributed by atoms with Crippen LogP contribution in [-0.4, -0.2) is 32.9 Å². The van der Waals surface area contributed by atoms with Gasteiger partial charge in [-0.05, 0) is 19.1 Å². The summed E-state index contributed by atoms with van der Waals surface area (Å²) in [5.41, 5.74) is 1.11. The predicted octanol–water partition coefficient (Wildman–Crippen LogP) is 3.47. The van der Waals surface area contributed by atoms with Gasteiger partial charge in [-0.3, -0.25) is 0 Å². The molecule has 3 rings (SSSR count). The molecule has 2 aromatic carbocycles. The first-order valence-corrected chi connectivity index (χ1v) is 10.5. The maximum atomic E-state index is 12.8. The van der Waals surface area contributed by atoms with Crippen molar-refractivity contribution in [3.05, 3.63) is 71.8 Å². The monoisotopic (exact) mass is 386 g/mol. The molecular formula is C21H22O5S. The van der Waals surface area contributed by atoms with Crippen molar-refractivity contribution in [1.82, 2.24) is 0 Å². The quantitative estimate of drug-likeness (QED) is 0.711. The van der Waals surface area contributed by atoms with Gasteiger partial charge in [-0.2, -0.15) is 0 Å². The topological polar surface area (TPSA) is 69.7 Å². The van der Waals surface area contributed by atoms with E-state index in [9.17, 15) is 13.2 Å².